The lowest BCUT2D eigenvalue weighted by Gasteiger charge is -2.20. The van der Waals surface area contributed by atoms with Crippen LogP contribution in [0, 0.1) is 5.82 Å². The van der Waals surface area contributed by atoms with E-state index in [1.807, 2.05) is 12.1 Å². The Morgan fingerprint density at radius 3 is 2.88 bits per heavy atom. The Labute approximate surface area is 150 Å². The van der Waals surface area contributed by atoms with Crippen LogP contribution in [-0.4, -0.2) is 19.2 Å². The van der Waals surface area contributed by atoms with Crippen molar-refractivity contribution in [3.63, 3.8) is 0 Å². The third-order valence-corrected chi connectivity index (χ3v) is 3.99. The van der Waals surface area contributed by atoms with E-state index < -0.39 is 0 Å². The minimum Gasteiger partial charge on any atom is -0.467 e. The molecule has 1 amide bonds. The molecule has 4 nitrogen and oxygen atoms in total. The molecule has 0 aliphatic carbocycles. The Morgan fingerprint density at radius 1 is 1.28 bits per heavy atom. The molecule has 2 aromatic rings. The van der Waals surface area contributed by atoms with Gasteiger partial charge in [-0.3, -0.25) is 4.79 Å². The van der Waals surface area contributed by atoms with Crippen LogP contribution in [0.4, 0.5) is 4.39 Å². The van der Waals surface area contributed by atoms with Crippen LogP contribution in [-0.2, 0) is 22.6 Å². The number of carbonyl (C=O) groups excluding carboxylic acids is 1. The van der Waals surface area contributed by atoms with Gasteiger partial charge in [0.2, 0.25) is 5.91 Å². The molecule has 0 aromatic heterocycles. The molecule has 3 rings (SSSR count). The van der Waals surface area contributed by atoms with Gasteiger partial charge in [0.25, 0.3) is 0 Å². The van der Waals surface area contributed by atoms with E-state index in [1.54, 1.807) is 18.2 Å². The molecule has 25 heavy (non-hydrogen) atoms. The number of hydrogen-bond donors (Lipinski definition) is 1. The van der Waals surface area contributed by atoms with Gasteiger partial charge in [0, 0.05) is 23.2 Å². The van der Waals surface area contributed by atoms with Crippen LogP contribution in [0.25, 0.3) is 6.08 Å². The average molecular weight is 362 g/mol. The molecule has 1 N–H and O–H groups in total. The normalized spacial score (nSPS) is 13.4. The molecule has 130 valence electrons. The van der Waals surface area contributed by atoms with Crippen molar-refractivity contribution in [3.05, 3.63) is 70.0 Å². The first kappa shape index (κ1) is 17.5. The largest absolute Gasteiger partial charge is 0.467 e. The Kier molecular flexibility index (Phi) is 5.68. The number of carbonyl (C=O) groups is 1. The van der Waals surface area contributed by atoms with E-state index in [2.05, 4.69) is 5.32 Å². The summed E-state index contributed by atoms with van der Waals surface area (Å²) in [5, 5.41) is 3.42. The Balaban J connectivity index is 1.55. The average Bonchev–Trinajstić information content (AvgIpc) is 2.61. The molecule has 1 aliphatic rings. The molecule has 0 saturated heterocycles. The van der Waals surface area contributed by atoms with Crippen molar-refractivity contribution < 1.29 is 18.7 Å². The molecular weight excluding hydrogens is 345 g/mol. The first-order valence-corrected chi connectivity index (χ1v) is 8.23. The zero-order chi connectivity index (χ0) is 17.6. The van der Waals surface area contributed by atoms with Gasteiger partial charge in [0.05, 0.1) is 6.61 Å². The Morgan fingerprint density at radius 2 is 2.08 bits per heavy atom. The van der Waals surface area contributed by atoms with E-state index >= 15 is 0 Å². The Hall–Kier alpha value is -2.37. The van der Waals surface area contributed by atoms with Gasteiger partial charge < -0.3 is 14.8 Å². The molecule has 0 fully saturated rings. The maximum absolute atomic E-state index is 13.7. The summed E-state index contributed by atoms with van der Waals surface area (Å²) in [5.41, 5.74) is 2.29. The number of hydrogen-bond acceptors (Lipinski definition) is 3. The zero-order valence-corrected chi connectivity index (χ0v) is 14.2. The smallest absolute Gasteiger partial charge is 0.244 e. The van der Waals surface area contributed by atoms with Crippen LogP contribution in [0.15, 0.2) is 42.5 Å². The number of benzene rings is 2. The van der Waals surface area contributed by atoms with Crippen LogP contribution < -0.4 is 10.1 Å². The number of ether oxygens (including phenoxy) is 2. The van der Waals surface area contributed by atoms with Crippen LogP contribution in [0.1, 0.15) is 16.7 Å². The van der Waals surface area contributed by atoms with Gasteiger partial charge in [-0.2, -0.15) is 0 Å². The maximum Gasteiger partial charge on any atom is 0.244 e. The van der Waals surface area contributed by atoms with Gasteiger partial charge in [0.15, 0.2) is 6.79 Å². The SMILES string of the molecule is O=C(C=Cc1ccc(Cl)cc1)NCCc1cc(F)cc2c1OCOC2. The van der Waals surface area contributed by atoms with Crippen molar-refractivity contribution in [3.8, 4) is 5.75 Å². The van der Waals surface area contributed by atoms with Crippen molar-refractivity contribution >= 4 is 23.6 Å². The summed E-state index contributed by atoms with van der Waals surface area (Å²) in [5.74, 6) is 0.0971. The van der Waals surface area contributed by atoms with Crippen molar-refractivity contribution in [1.29, 1.82) is 0 Å². The summed E-state index contributed by atoms with van der Waals surface area (Å²) in [6, 6.07) is 10.0. The summed E-state index contributed by atoms with van der Waals surface area (Å²) < 4.78 is 24.3. The fraction of sp³-hybridized carbons (Fsp3) is 0.211. The van der Waals surface area contributed by atoms with E-state index in [9.17, 15) is 9.18 Å². The molecule has 0 spiro atoms. The molecule has 2 aromatic carbocycles. The van der Waals surface area contributed by atoms with Crippen LogP contribution in [0.3, 0.4) is 0 Å². The van der Waals surface area contributed by atoms with E-state index in [0.29, 0.717) is 35.9 Å². The molecule has 0 unspecified atom stereocenters. The number of amides is 1. The van der Waals surface area contributed by atoms with Crippen molar-refractivity contribution in [1.82, 2.24) is 5.32 Å². The van der Waals surface area contributed by atoms with Gasteiger partial charge in [-0.05, 0) is 47.9 Å². The second-order valence-corrected chi connectivity index (χ2v) is 6.03. The highest BCUT2D eigenvalue weighted by Gasteiger charge is 2.16. The summed E-state index contributed by atoms with van der Waals surface area (Å²) in [4.78, 5) is 11.9. The van der Waals surface area contributed by atoms with Crippen molar-refractivity contribution in [2.24, 2.45) is 0 Å². The molecule has 0 bridgehead atoms. The van der Waals surface area contributed by atoms with Crippen LogP contribution >= 0.6 is 11.6 Å². The Bertz CT molecular complexity index is 790. The highest BCUT2D eigenvalue weighted by atomic mass is 35.5. The number of nitrogens with one attached hydrogen (secondary N) is 1. The minimum atomic E-state index is -0.336. The number of halogens is 2. The quantitative estimate of drug-likeness (QED) is 0.826. The maximum atomic E-state index is 13.7. The van der Waals surface area contributed by atoms with E-state index in [4.69, 9.17) is 21.1 Å². The topological polar surface area (TPSA) is 47.6 Å². The molecule has 0 radical (unpaired) electrons. The van der Waals surface area contributed by atoms with Gasteiger partial charge in [-0.15, -0.1) is 0 Å². The monoisotopic (exact) mass is 361 g/mol. The van der Waals surface area contributed by atoms with Gasteiger partial charge >= 0.3 is 0 Å². The standard InChI is InChI=1S/C19H17ClFNO3/c20-16-4-1-13(2-5-16)3-6-18(23)22-8-7-14-9-17(21)10-15-11-24-12-25-19(14)15/h1-6,9-10H,7-8,11-12H2,(H,22,23). The predicted molar refractivity (Wildman–Crippen MR) is 93.9 cm³/mol. The van der Waals surface area contributed by atoms with E-state index in [0.717, 1.165) is 11.1 Å². The van der Waals surface area contributed by atoms with Gasteiger partial charge in [-0.1, -0.05) is 23.7 Å². The lowest BCUT2D eigenvalue weighted by molar-refractivity contribution is -0.116. The van der Waals surface area contributed by atoms with Crippen LogP contribution in [0.5, 0.6) is 5.75 Å². The van der Waals surface area contributed by atoms with Crippen molar-refractivity contribution in [2.45, 2.75) is 13.0 Å². The molecule has 0 atom stereocenters. The first-order valence-electron chi connectivity index (χ1n) is 7.85. The second kappa shape index (κ2) is 8.14. The lowest BCUT2D eigenvalue weighted by atomic mass is 10.1. The van der Waals surface area contributed by atoms with Gasteiger partial charge in [0.1, 0.15) is 11.6 Å². The highest BCUT2D eigenvalue weighted by molar-refractivity contribution is 6.30. The third kappa shape index (κ3) is 4.81. The summed E-state index contributed by atoms with van der Waals surface area (Å²) in [6.45, 7) is 0.863. The zero-order valence-electron chi connectivity index (χ0n) is 13.4. The summed E-state index contributed by atoms with van der Waals surface area (Å²) in [7, 11) is 0. The summed E-state index contributed by atoms with van der Waals surface area (Å²) >= 11 is 5.81. The third-order valence-electron chi connectivity index (χ3n) is 3.74. The van der Waals surface area contributed by atoms with E-state index in [-0.39, 0.29) is 18.5 Å². The predicted octanol–water partition coefficient (Wildman–Crippen LogP) is 3.72. The number of fused-ring (bicyclic) bond motifs is 1. The van der Waals surface area contributed by atoms with Crippen molar-refractivity contribution in [2.75, 3.05) is 13.3 Å². The number of rotatable bonds is 5. The fourth-order valence-electron chi connectivity index (χ4n) is 2.57. The molecule has 1 aliphatic heterocycles. The summed E-state index contributed by atoms with van der Waals surface area (Å²) in [6.07, 6.45) is 3.63. The van der Waals surface area contributed by atoms with Gasteiger partial charge in [-0.25, -0.2) is 4.39 Å². The highest BCUT2D eigenvalue weighted by Crippen LogP contribution is 2.29. The van der Waals surface area contributed by atoms with Crippen LogP contribution in [0.2, 0.25) is 5.02 Å². The molecular formula is C19H17ClFNO3. The second-order valence-electron chi connectivity index (χ2n) is 5.59. The molecule has 6 heteroatoms. The lowest BCUT2D eigenvalue weighted by Crippen LogP contribution is -2.24. The van der Waals surface area contributed by atoms with E-state index in [1.165, 1.54) is 18.2 Å². The molecule has 0 saturated carbocycles. The molecule has 1 heterocycles. The minimum absolute atomic E-state index is 0.155. The first-order chi connectivity index (χ1) is 12.1. The fourth-order valence-corrected chi connectivity index (χ4v) is 2.69.